The lowest BCUT2D eigenvalue weighted by atomic mass is 10.2. The SMILES string of the molecule is CCCn1ncnc1CC(=O)C(OCC)OCC. The Labute approximate surface area is 107 Å². The number of carbonyl (C=O) groups excluding carboxylic acids is 1. The van der Waals surface area contributed by atoms with Gasteiger partial charge in [-0.15, -0.1) is 0 Å². The first kappa shape index (κ1) is 14.8. The van der Waals surface area contributed by atoms with Gasteiger partial charge in [0.15, 0.2) is 5.78 Å². The maximum atomic E-state index is 12.0. The zero-order valence-electron chi connectivity index (χ0n) is 11.3. The Morgan fingerprint density at radius 2 is 2.00 bits per heavy atom. The molecule has 0 aliphatic rings. The fourth-order valence-corrected chi connectivity index (χ4v) is 1.60. The van der Waals surface area contributed by atoms with Crippen molar-refractivity contribution in [1.29, 1.82) is 0 Å². The van der Waals surface area contributed by atoms with Crippen LogP contribution in [0.2, 0.25) is 0 Å². The van der Waals surface area contributed by atoms with E-state index in [-0.39, 0.29) is 12.2 Å². The van der Waals surface area contributed by atoms with Crippen LogP contribution in [0.5, 0.6) is 0 Å². The van der Waals surface area contributed by atoms with Crippen LogP contribution in [-0.4, -0.2) is 40.1 Å². The molecule has 0 saturated heterocycles. The Hall–Kier alpha value is -1.27. The second-order valence-electron chi connectivity index (χ2n) is 3.79. The average Bonchev–Trinajstić information content (AvgIpc) is 2.77. The Morgan fingerprint density at radius 3 is 2.56 bits per heavy atom. The summed E-state index contributed by atoms with van der Waals surface area (Å²) in [6.07, 6.45) is 1.80. The molecule has 0 radical (unpaired) electrons. The Kier molecular flexibility index (Phi) is 6.53. The third-order valence-corrected chi connectivity index (χ3v) is 2.36. The standard InChI is InChI=1S/C12H21N3O3/c1-4-7-15-11(13-9-14-15)8-10(16)12(17-5-2)18-6-3/h9,12H,4-8H2,1-3H3. The van der Waals surface area contributed by atoms with Gasteiger partial charge in [-0.05, 0) is 20.3 Å². The summed E-state index contributed by atoms with van der Waals surface area (Å²) in [4.78, 5) is 16.1. The lowest BCUT2D eigenvalue weighted by Gasteiger charge is -2.15. The first-order valence-electron chi connectivity index (χ1n) is 6.35. The van der Waals surface area contributed by atoms with E-state index < -0.39 is 6.29 Å². The van der Waals surface area contributed by atoms with E-state index in [0.29, 0.717) is 19.0 Å². The van der Waals surface area contributed by atoms with Gasteiger partial charge in [0.1, 0.15) is 12.2 Å². The molecule has 0 aromatic carbocycles. The fourth-order valence-electron chi connectivity index (χ4n) is 1.60. The zero-order valence-corrected chi connectivity index (χ0v) is 11.3. The molecule has 1 rings (SSSR count). The van der Waals surface area contributed by atoms with E-state index in [0.717, 1.165) is 13.0 Å². The van der Waals surface area contributed by atoms with Crippen molar-refractivity contribution in [3.8, 4) is 0 Å². The van der Waals surface area contributed by atoms with Crippen molar-refractivity contribution in [2.24, 2.45) is 0 Å². The van der Waals surface area contributed by atoms with Crippen LogP contribution in [-0.2, 0) is 27.2 Å². The highest BCUT2D eigenvalue weighted by Gasteiger charge is 2.21. The smallest absolute Gasteiger partial charge is 0.218 e. The van der Waals surface area contributed by atoms with Crippen molar-refractivity contribution in [3.63, 3.8) is 0 Å². The molecule has 0 aliphatic heterocycles. The number of ether oxygens (including phenoxy) is 2. The van der Waals surface area contributed by atoms with Crippen LogP contribution in [0.3, 0.4) is 0 Å². The van der Waals surface area contributed by atoms with Crippen molar-refractivity contribution in [3.05, 3.63) is 12.2 Å². The summed E-state index contributed by atoms with van der Waals surface area (Å²) in [5.74, 6) is 0.537. The second kappa shape index (κ2) is 7.94. The number of aromatic nitrogens is 3. The summed E-state index contributed by atoms with van der Waals surface area (Å²) >= 11 is 0. The van der Waals surface area contributed by atoms with Crippen molar-refractivity contribution >= 4 is 5.78 Å². The predicted molar refractivity (Wildman–Crippen MR) is 66.1 cm³/mol. The highest BCUT2D eigenvalue weighted by molar-refractivity contribution is 5.83. The number of nitrogens with zero attached hydrogens (tertiary/aromatic N) is 3. The number of carbonyl (C=O) groups is 1. The van der Waals surface area contributed by atoms with Crippen molar-refractivity contribution < 1.29 is 14.3 Å². The van der Waals surface area contributed by atoms with Crippen LogP contribution in [0.1, 0.15) is 33.0 Å². The minimum atomic E-state index is -0.799. The van der Waals surface area contributed by atoms with Gasteiger partial charge in [0, 0.05) is 19.8 Å². The normalized spacial score (nSPS) is 11.1. The molecule has 0 amide bonds. The molecule has 0 N–H and O–H groups in total. The first-order chi connectivity index (χ1) is 8.72. The number of aryl methyl sites for hydroxylation is 1. The van der Waals surface area contributed by atoms with Crippen LogP contribution >= 0.6 is 0 Å². The minimum absolute atomic E-state index is 0.121. The predicted octanol–water partition coefficient (Wildman–Crippen LogP) is 1.20. The van der Waals surface area contributed by atoms with Crippen molar-refractivity contribution in [1.82, 2.24) is 14.8 Å². The van der Waals surface area contributed by atoms with Crippen molar-refractivity contribution in [2.75, 3.05) is 13.2 Å². The number of hydrogen-bond donors (Lipinski definition) is 0. The van der Waals surface area contributed by atoms with Gasteiger partial charge in [-0.25, -0.2) is 9.67 Å². The van der Waals surface area contributed by atoms with Gasteiger partial charge in [0.2, 0.25) is 6.29 Å². The summed E-state index contributed by atoms with van der Waals surface area (Å²) in [6, 6.07) is 0. The molecule has 102 valence electrons. The first-order valence-corrected chi connectivity index (χ1v) is 6.35. The highest BCUT2D eigenvalue weighted by Crippen LogP contribution is 2.04. The number of rotatable bonds is 9. The maximum absolute atomic E-state index is 12.0. The van der Waals surface area contributed by atoms with Gasteiger partial charge in [-0.1, -0.05) is 6.92 Å². The van der Waals surface area contributed by atoms with E-state index in [1.165, 1.54) is 6.33 Å². The van der Waals surface area contributed by atoms with Crippen LogP contribution in [0, 0.1) is 0 Å². The molecular formula is C12H21N3O3. The molecule has 0 aliphatic carbocycles. The van der Waals surface area contributed by atoms with E-state index in [1.54, 1.807) is 4.68 Å². The largest absolute Gasteiger partial charge is 0.346 e. The van der Waals surface area contributed by atoms with Crippen LogP contribution in [0.4, 0.5) is 0 Å². The molecule has 1 aromatic rings. The van der Waals surface area contributed by atoms with Gasteiger partial charge in [0.05, 0.1) is 6.42 Å². The molecule has 0 saturated carbocycles. The second-order valence-corrected chi connectivity index (χ2v) is 3.79. The molecule has 6 heteroatoms. The third-order valence-electron chi connectivity index (χ3n) is 2.36. The minimum Gasteiger partial charge on any atom is -0.346 e. The van der Waals surface area contributed by atoms with Gasteiger partial charge in [-0.2, -0.15) is 5.10 Å². The molecule has 1 aromatic heterocycles. The molecule has 0 unspecified atom stereocenters. The zero-order chi connectivity index (χ0) is 13.4. The average molecular weight is 255 g/mol. The lowest BCUT2D eigenvalue weighted by molar-refractivity contribution is -0.167. The van der Waals surface area contributed by atoms with E-state index in [2.05, 4.69) is 17.0 Å². The lowest BCUT2D eigenvalue weighted by Crippen LogP contribution is -2.30. The van der Waals surface area contributed by atoms with Gasteiger partial charge in [-0.3, -0.25) is 4.79 Å². The Morgan fingerprint density at radius 1 is 1.33 bits per heavy atom. The molecule has 0 fully saturated rings. The number of hydrogen-bond acceptors (Lipinski definition) is 5. The van der Waals surface area contributed by atoms with Crippen LogP contribution in [0.25, 0.3) is 0 Å². The highest BCUT2D eigenvalue weighted by atomic mass is 16.7. The van der Waals surface area contributed by atoms with Gasteiger partial charge in [0.25, 0.3) is 0 Å². The maximum Gasteiger partial charge on any atom is 0.218 e. The van der Waals surface area contributed by atoms with E-state index in [4.69, 9.17) is 9.47 Å². The van der Waals surface area contributed by atoms with E-state index >= 15 is 0 Å². The molecule has 0 atom stereocenters. The van der Waals surface area contributed by atoms with Gasteiger partial charge >= 0.3 is 0 Å². The van der Waals surface area contributed by atoms with E-state index in [1.807, 2.05) is 13.8 Å². The summed E-state index contributed by atoms with van der Waals surface area (Å²) in [5.41, 5.74) is 0. The molecule has 0 spiro atoms. The quantitative estimate of drug-likeness (QED) is 0.620. The molecule has 1 heterocycles. The monoisotopic (exact) mass is 255 g/mol. The Bertz CT molecular complexity index is 359. The molecular weight excluding hydrogens is 234 g/mol. The topological polar surface area (TPSA) is 66.2 Å². The van der Waals surface area contributed by atoms with Gasteiger partial charge < -0.3 is 9.47 Å². The third kappa shape index (κ3) is 4.19. The van der Waals surface area contributed by atoms with Crippen LogP contribution < -0.4 is 0 Å². The summed E-state index contributed by atoms with van der Waals surface area (Å²) in [5, 5.41) is 4.08. The number of Topliss-reactive ketones (excluding diaryl/α,β-unsaturated/α-hetero) is 1. The van der Waals surface area contributed by atoms with E-state index in [9.17, 15) is 4.79 Å². The summed E-state index contributed by atoms with van der Waals surface area (Å²) in [7, 11) is 0. The summed E-state index contributed by atoms with van der Waals surface area (Å²) < 4.78 is 12.3. The Balaban J connectivity index is 2.63. The molecule has 0 bridgehead atoms. The van der Waals surface area contributed by atoms with Crippen LogP contribution in [0.15, 0.2) is 6.33 Å². The fraction of sp³-hybridized carbons (Fsp3) is 0.750. The molecule has 18 heavy (non-hydrogen) atoms. The summed E-state index contributed by atoms with van der Waals surface area (Å²) in [6.45, 7) is 7.36. The number of ketones is 1. The molecule has 6 nitrogen and oxygen atoms in total. The van der Waals surface area contributed by atoms with Crippen molar-refractivity contribution in [2.45, 2.75) is 46.4 Å².